The normalized spacial score (nSPS) is 11.6. The molecule has 0 saturated carbocycles. The second-order valence-electron chi connectivity index (χ2n) is 5.73. The van der Waals surface area contributed by atoms with E-state index in [0.717, 1.165) is 22.2 Å². The summed E-state index contributed by atoms with van der Waals surface area (Å²) in [6, 6.07) is 12.6. The van der Waals surface area contributed by atoms with Gasteiger partial charge in [-0.25, -0.2) is 0 Å². The first kappa shape index (κ1) is 17.3. The average Bonchev–Trinajstić information content (AvgIpc) is 2.98. The van der Waals surface area contributed by atoms with Crippen molar-refractivity contribution in [3.63, 3.8) is 0 Å². The fourth-order valence-corrected chi connectivity index (χ4v) is 3.44. The molecule has 7 heteroatoms. The van der Waals surface area contributed by atoms with Crippen LogP contribution in [0.3, 0.4) is 0 Å². The predicted octanol–water partition coefficient (Wildman–Crippen LogP) is 5.24. The van der Waals surface area contributed by atoms with Gasteiger partial charge in [0.25, 0.3) is 5.91 Å². The van der Waals surface area contributed by atoms with Crippen molar-refractivity contribution < 1.29 is 18.0 Å². The van der Waals surface area contributed by atoms with Crippen molar-refractivity contribution in [1.29, 1.82) is 0 Å². The van der Waals surface area contributed by atoms with Gasteiger partial charge in [0.15, 0.2) is 0 Å². The molecule has 0 bridgehead atoms. The summed E-state index contributed by atoms with van der Waals surface area (Å²) in [7, 11) is 3.41. The monoisotopic (exact) mass is 364 g/mol. The Morgan fingerprint density at radius 3 is 2.44 bits per heavy atom. The van der Waals surface area contributed by atoms with Gasteiger partial charge in [0.2, 0.25) is 0 Å². The number of rotatable bonds is 3. The summed E-state index contributed by atoms with van der Waals surface area (Å²) < 4.78 is 39.9. The number of amides is 1. The van der Waals surface area contributed by atoms with E-state index in [9.17, 15) is 18.0 Å². The van der Waals surface area contributed by atoms with Gasteiger partial charge in [-0.3, -0.25) is 4.79 Å². The zero-order chi connectivity index (χ0) is 18.2. The predicted molar refractivity (Wildman–Crippen MR) is 95.5 cm³/mol. The molecule has 1 aromatic heterocycles. The van der Waals surface area contributed by atoms with Gasteiger partial charge in [-0.1, -0.05) is 18.2 Å². The number of nitrogens with zero attached hydrogens (tertiary/aromatic N) is 1. The number of nitrogens with one attached hydrogen (secondary N) is 1. The molecule has 1 amide bonds. The van der Waals surface area contributed by atoms with Gasteiger partial charge in [0.1, 0.15) is 0 Å². The van der Waals surface area contributed by atoms with E-state index in [1.807, 2.05) is 24.3 Å². The first-order chi connectivity index (χ1) is 11.8. The molecule has 0 unspecified atom stereocenters. The van der Waals surface area contributed by atoms with E-state index in [-0.39, 0.29) is 5.69 Å². The fraction of sp³-hybridized carbons (Fsp3) is 0.167. The summed E-state index contributed by atoms with van der Waals surface area (Å²) in [6.07, 6.45) is -4.47. The van der Waals surface area contributed by atoms with Crippen molar-refractivity contribution in [2.75, 3.05) is 24.3 Å². The summed E-state index contributed by atoms with van der Waals surface area (Å²) in [5.74, 6) is -0.427. The Morgan fingerprint density at radius 1 is 1.08 bits per heavy atom. The number of halogens is 3. The van der Waals surface area contributed by atoms with Crippen LogP contribution in [0.15, 0.2) is 48.5 Å². The largest absolute Gasteiger partial charge is 0.416 e. The second kappa shape index (κ2) is 6.40. The molecule has 0 aliphatic carbocycles. The molecule has 130 valence electrons. The number of hydrogen-bond donors (Lipinski definition) is 1. The van der Waals surface area contributed by atoms with Gasteiger partial charge >= 0.3 is 6.18 Å². The minimum Gasteiger partial charge on any atom is -0.376 e. The molecule has 0 radical (unpaired) electrons. The molecular weight excluding hydrogens is 349 g/mol. The minimum absolute atomic E-state index is 0.127. The SMILES string of the molecule is CN(C)c1ccc(C(F)(F)F)cc1NC(=O)c1cc2ccccc2s1. The van der Waals surface area contributed by atoms with E-state index in [0.29, 0.717) is 10.6 Å². The Morgan fingerprint density at radius 2 is 1.80 bits per heavy atom. The van der Waals surface area contributed by atoms with Crippen molar-refractivity contribution >= 4 is 38.7 Å². The number of alkyl halides is 3. The van der Waals surface area contributed by atoms with Crippen molar-refractivity contribution in [1.82, 2.24) is 0 Å². The fourth-order valence-electron chi connectivity index (χ4n) is 2.48. The molecule has 2 aromatic carbocycles. The van der Waals surface area contributed by atoms with Crippen LogP contribution in [0.5, 0.6) is 0 Å². The minimum atomic E-state index is -4.47. The lowest BCUT2D eigenvalue weighted by atomic mass is 10.1. The van der Waals surface area contributed by atoms with Gasteiger partial charge in [0, 0.05) is 18.8 Å². The Bertz CT molecular complexity index is 898. The quantitative estimate of drug-likeness (QED) is 0.689. The highest BCUT2D eigenvalue weighted by atomic mass is 32.1. The molecule has 0 fully saturated rings. The van der Waals surface area contributed by atoms with E-state index in [1.54, 1.807) is 25.1 Å². The number of hydrogen-bond acceptors (Lipinski definition) is 3. The van der Waals surface area contributed by atoms with Crippen LogP contribution < -0.4 is 10.2 Å². The molecule has 3 aromatic rings. The Balaban J connectivity index is 1.96. The molecule has 0 spiro atoms. The lowest BCUT2D eigenvalue weighted by Gasteiger charge is -2.19. The molecule has 3 rings (SSSR count). The first-order valence-corrected chi connectivity index (χ1v) is 8.26. The molecule has 0 saturated heterocycles. The summed E-state index contributed by atoms with van der Waals surface area (Å²) in [6.45, 7) is 0. The lowest BCUT2D eigenvalue weighted by Crippen LogP contribution is -2.17. The summed E-state index contributed by atoms with van der Waals surface area (Å²) in [5, 5.41) is 3.54. The Labute approximate surface area is 146 Å². The zero-order valence-electron chi connectivity index (χ0n) is 13.5. The number of carbonyl (C=O) groups excluding carboxylic acids is 1. The van der Waals surface area contributed by atoms with Crippen LogP contribution in [-0.4, -0.2) is 20.0 Å². The highest BCUT2D eigenvalue weighted by molar-refractivity contribution is 7.20. The van der Waals surface area contributed by atoms with E-state index in [4.69, 9.17) is 0 Å². The topological polar surface area (TPSA) is 32.3 Å². The third kappa shape index (κ3) is 3.61. The third-order valence-corrected chi connectivity index (χ3v) is 4.82. The number of carbonyl (C=O) groups is 1. The highest BCUT2D eigenvalue weighted by Gasteiger charge is 2.31. The van der Waals surface area contributed by atoms with Crippen LogP contribution >= 0.6 is 11.3 Å². The lowest BCUT2D eigenvalue weighted by molar-refractivity contribution is -0.137. The maximum absolute atomic E-state index is 13.0. The summed E-state index contributed by atoms with van der Waals surface area (Å²) >= 11 is 1.30. The highest BCUT2D eigenvalue weighted by Crippen LogP contribution is 2.35. The molecule has 25 heavy (non-hydrogen) atoms. The molecular formula is C18H15F3N2OS. The summed E-state index contributed by atoms with van der Waals surface area (Å²) in [4.78, 5) is 14.6. The Hall–Kier alpha value is -2.54. The van der Waals surface area contributed by atoms with Gasteiger partial charge in [0.05, 0.1) is 21.8 Å². The van der Waals surface area contributed by atoms with Crippen LogP contribution in [0, 0.1) is 0 Å². The van der Waals surface area contributed by atoms with Gasteiger partial charge in [-0.05, 0) is 35.7 Å². The van der Waals surface area contributed by atoms with E-state index in [2.05, 4.69) is 5.32 Å². The maximum atomic E-state index is 13.0. The standard InChI is InChI=1S/C18H15F3N2OS/c1-23(2)14-8-7-12(18(19,20)21)10-13(14)22-17(24)16-9-11-5-3-4-6-15(11)25-16/h3-10H,1-2H3,(H,22,24). The number of benzene rings is 2. The van der Waals surface area contributed by atoms with Crippen molar-refractivity contribution in [2.24, 2.45) is 0 Å². The van der Waals surface area contributed by atoms with Gasteiger partial charge in [-0.15, -0.1) is 11.3 Å². The second-order valence-corrected chi connectivity index (χ2v) is 6.81. The number of fused-ring (bicyclic) bond motifs is 1. The molecule has 0 atom stereocenters. The van der Waals surface area contributed by atoms with E-state index >= 15 is 0 Å². The van der Waals surface area contributed by atoms with E-state index in [1.165, 1.54) is 17.4 Å². The van der Waals surface area contributed by atoms with Crippen molar-refractivity contribution in [3.05, 3.63) is 59.0 Å². The maximum Gasteiger partial charge on any atom is 0.416 e. The zero-order valence-corrected chi connectivity index (χ0v) is 14.3. The summed E-state index contributed by atoms with van der Waals surface area (Å²) in [5.41, 5.74) is -0.172. The molecule has 0 aliphatic rings. The number of anilines is 2. The molecule has 1 N–H and O–H groups in total. The molecule has 1 heterocycles. The third-order valence-electron chi connectivity index (χ3n) is 3.70. The van der Waals surface area contributed by atoms with Crippen molar-refractivity contribution in [3.8, 4) is 0 Å². The van der Waals surface area contributed by atoms with Crippen LogP contribution in [0.25, 0.3) is 10.1 Å². The van der Waals surface area contributed by atoms with Gasteiger partial charge in [-0.2, -0.15) is 13.2 Å². The van der Waals surface area contributed by atoms with Crippen molar-refractivity contribution in [2.45, 2.75) is 6.18 Å². The smallest absolute Gasteiger partial charge is 0.376 e. The number of thiophene rings is 1. The molecule has 0 aliphatic heterocycles. The Kier molecular flexibility index (Phi) is 4.43. The van der Waals surface area contributed by atoms with Crippen LogP contribution in [-0.2, 0) is 6.18 Å². The van der Waals surface area contributed by atoms with Gasteiger partial charge < -0.3 is 10.2 Å². The van der Waals surface area contributed by atoms with Crippen LogP contribution in [0.1, 0.15) is 15.2 Å². The van der Waals surface area contributed by atoms with E-state index < -0.39 is 17.6 Å². The first-order valence-electron chi connectivity index (χ1n) is 7.44. The average molecular weight is 364 g/mol. The van der Waals surface area contributed by atoms with Crippen LogP contribution in [0.4, 0.5) is 24.5 Å². The molecule has 3 nitrogen and oxygen atoms in total. The van der Waals surface area contributed by atoms with Crippen LogP contribution in [0.2, 0.25) is 0 Å².